The summed E-state index contributed by atoms with van der Waals surface area (Å²) in [4.78, 5) is 6.74. The zero-order valence-electron chi connectivity index (χ0n) is 9.67. The van der Waals surface area contributed by atoms with Gasteiger partial charge in [-0.1, -0.05) is 6.07 Å². The summed E-state index contributed by atoms with van der Waals surface area (Å²) in [7, 11) is 1.87. The van der Waals surface area contributed by atoms with Crippen LogP contribution >= 0.6 is 0 Å². The maximum absolute atomic E-state index is 4.53. The molecule has 17 heavy (non-hydrogen) atoms. The highest BCUT2D eigenvalue weighted by Gasteiger charge is 2.18. The zero-order valence-corrected chi connectivity index (χ0v) is 9.67. The first-order valence-electron chi connectivity index (χ1n) is 5.63. The minimum Gasteiger partial charge on any atom is -0.373 e. The topological polar surface area (TPSA) is 58.9 Å². The van der Waals surface area contributed by atoms with E-state index < -0.39 is 0 Å². The molecule has 0 atom stereocenters. The number of nitrogens with zero attached hydrogens (tertiary/aromatic N) is 5. The third-order valence-electron chi connectivity index (χ3n) is 2.95. The van der Waals surface area contributed by atoms with E-state index in [9.17, 15) is 0 Å². The number of hydrogen-bond acceptors (Lipinski definition) is 5. The molecule has 0 aromatic carbocycles. The van der Waals surface area contributed by atoms with Crippen molar-refractivity contribution in [1.29, 1.82) is 0 Å². The van der Waals surface area contributed by atoms with Gasteiger partial charge in [-0.2, -0.15) is 0 Å². The van der Waals surface area contributed by atoms with Crippen LogP contribution in [0, 0.1) is 0 Å². The molecule has 88 valence electrons. The van der Waals surface area contributed by atoms with E-state index in [1.807, 2.05) is 25.2 Å². The van der Waals surface area contributed by atoms with E-state index in [1.165, 1.54) is 0 Å². The predicted molar refractivity (Wildman–Crippen MR) is 64.9 cm³/mol. The first kappa shape index (κ1) is 10.1. The number of anilines is 2. The molecule has 1 aliphatic rings. The van der Waals surface area contributed by atoms with Crippen molar-refractivity contribution in [2.75, 3.05) is 23.8 Å². The van der Waals surface area contributed by atoms with Gasteiger partial charge in [0.15, 0.2) is 5.82 Å². The van der Waals surface area contributed by atoms with Crippen molar-refractivity contribution < 1.29 is 0 Å². The van der Waals surface area contributed by atoms with Crippen molar-refractivity contribution >= 4 is 11.6 Å². The normalized spacial score (nSPS) is 14.5. The number of nitrogens with one attached hydrogen (secondary N) is 1. The maximum atomic E-state index is 4.53. The van der Waals surface area contributed by atoms with Gasteiger partial charge in [-0.05, 0) is 12.1 Å². The number of hydrogen-bond donors (Lipinski definition) is 1. The molecule has 1 N–H and O–H groups in total. The number of fused-ring (bicyclic) bond motifs is 1. The molecular formula is C11H14N6. The summed E-state index contributed by atoms with van der Waals surface area (Å²) in [5.74, 6) is 2.86. The molecule has 0 radical (unpaired) electrons. The van der Waals surface area contributed by atoms with E-state index >= 15 is 0 Å². The van der Waals surface area contributed by atoms with E-state index in [0.29, 0.717) is 0 Å². The number of rotatable bonds is 2. The van der Waals surface area contributed by atoms with Gasteiger partial charge >= 0.3 is 0 Å². The molecule has 0 fully saturated rings. The molecule has 2 aromatic heterocycles. The second kappa shape index (κ2) is 4.04. The van der Waals surface area contributed by atoms with Crippen LogP contribution in [-0.2, 0) is 13.1 Å². The second-order valence-corrected chi connectivity index (χ2v) is 3.99. The van der Waals surface area contributed by atoms with Crippen LogP contribution < -0.4 is 10.2 Å². The summed E-state index contributed by atoms with van der Waals surface area (Å²) in [6, 6.07) is 5.98. The van der Waals surface area contributed by atoms with Crippen LogP contribution in [0.3, 0.4) is 0 Å². The van der Waals surface area contributed by atoms with E-state index in [4.69, 9.17) is 0 Å². The SMILES string of the molecule is CNc1cccc(N2CCn3cnnc3C2)n1. The number of pyridine rings is 1. The highest BCUT2D eigenvalue weighted by molar-refractivity contribution is 5.47. The minimum absolute atomic E-state index is 0.764. The minimum atomic E-state index is 0.764. The maximum Gasteiger partial charge on any atom is 0.152 e. The monoisotopic (exact) mass is 230 g/mol. The predicted octanol–water partition coefficient (Wildman–Crippen LogP) is 0.735. The Morgan fingerprint density at radius 1 is 1.29 bits per heavy atom. The lowest BCUT2D eigenvalue weighted by atomic mass is 10.3. The summed E-state index contributed by atoms with van der Waals surface area (Å²) >= 11 is 0. The molecule has 0 amide bonds. The van der Waals surface area contributed by atoms with E-state index in [-0.39, 0.29) is 0 Å². The fraction of sp³-hybridized carbons (Fsp3) is 0.364. The molecule has 0 aliphatic carbocycles. The van der Waals surface area contributed by atoms with Gasteiger partial charge in [-0.3, -0.25) is 0 Å². The molecular weight excluding hydrogens is 216 g/mol. The molecule has 0 unspecified atom stereocenters. The largest absolute Gasteiger partial charge is 0.373 e. The van der Waals surface area contributed by atoms with Crippen LogP contribution in [0.4, 0.5) is 11.6 Å². The fourth-order valence-corrected chi connectivity index (χ4v) is 2.00. The van der Waals surface area contributed by atoms with Gasteiger partial charge in [0.25, 0.3) is 0 Å². The Labute approximate surface area is 99.3 Å². The van der Waals surface area contributed by atoms with Crippen molar-refractivity contribution in [2.45, 2.75) is 13.1 Å². The molecule has 6 nitrogen and oxygen atoms in total. The van der Waals surface area contributed by atoms with Gasteiger partial charge in [0.1, 0.15) is 18.0 Å². The molecule has 1 aliphatic heterocycles. The number of aromatic nitrogens is 4. The van der Waals surface area contributed by atoms with Crippen LogP contribution in [0.5, 0.6) is 0 Å². The molecule has 3 rings (SSSR count). The summed E-state index contributed by atoms with van der Waals surface area (Å²) < 4.78 is 2.08. The lowest BCUT2D eigenvalue weighted by Crippen LogP contribution is -2.34. The van der Waals surface area contributed by atoms with Crippen LogP contribution in [0.15, 0.2) is 24.5 Å². The van der Waals surface area contributed by atoms with Crippen molar-refractivity contribution in [1.82, 2.24) is 19.7 Å². The average Bonchev–Trinajstić information content (AvgIpc) is 2.86. The first-order chi connectivity index (χ1) is 8.36. The zero-order chi connectivity index (χ0) is 11.7. The van der Waals surface area contributed by atoms with Crippen LogP contribution in [0.1, 0.15) is 5.82 Å². The van der Waals surface area contributed by atoms with Crippen molar-refractivity contribution in [3.05, 3.63) is 30.4 Å². The van der Waals surface area contributed by atoms with E-state index in [2.05, 4.69) is 30.0 Å². The van der Waals surface area contributed by atoms with Gasteiger partial charge in [0.2, 0.25) is 0 Å². The van der Waals surface area contributed by atoms with Gasteiger partial charge in [-0.15, -0.1) is 10.2 Å². The molecule has 0 spiro atoms. The average molecular weight is 230 g/mol. The summed E-state index contributed by atoms with van der Waals surface area (Å²) in [5, 5.41) is 11.1. The third kappa shape index (κ3) is 1.82. The van der Waals surface area contributed by atoms with Gasteiger partial charge in [0, 0.05) is 20.1 Å². The highest BCUT2D eigenvalue weighted by atomic mass is 15.3. The Morgan fingerprint density at radius 2 is 2.24 bits per heavy atom. The van der Waals surface area contributed by atoms with Crippen LogP contribution in [-0.4, -0.2) is 33.3 Å². The molecule has 3 heterocycles. The third-order valence-corrected chi connectivity index (χ3v) is 2.95. The Balaban J connectivity index is 1.86. The van der Waals surface area contributed by atoms with Crippen molar-refractivity contribution in [3.8, 4) is 0 Å². The van der Waals surface area contributed by atoms with Crippen LogP contribution in [0.2, 0.25) is 0 Å². The summed E-state index contributed by atoms with van der Waals surface area (Å²) in [6.45, 7) is 2.61. The van der Waals surface area contributed by atoms with E-state index in [1.54, 1.807) is 6.33 Å². The summed E-state index contributed by atoms with van der Waals surface area (Å²) in [5.41, 5.74) is 0. The lowest BCUT2D eigenvalue weighted by molar-refractivity contribution is 0.556. The highest BCUT2D eigenvalue weighted by Crippen LogP contribution is 2.18. The van der Waals surface area contributed by atoms with Crippen molar-refractivity contribution in [2.24, 2.45) is 0 Å². The Hall–Kier alpha value is -2.11. The Morgan fingerprint density at radius 3 is 3.12 bits per heavy atom. The second-order valence-electron chi connectivity index (χ2n) is 3.99. The van der Waals surface area contributed by atoms with E-state index in [0.717, 1.165) is 37.1 Å². The first-order valence-corrected chi connectivity index (χ1v) is 5.63. The standard InChI is InChI=1S/C11H14N6/c1-12-9-3-2-4-10(14-9)16-5-6-17-8-13-15-11(17)7-16/h2-4,8H,5-7H2,1H3,(H,12,14). The molecule has 0 saturated heterocycles. The quantitative estimate of drug-likeness (QED) is 0.824. The van der Waals surface area contributed by atoms with Gasteiger partial charge < -0.3 is 14.8 Å². The summed E-state index contributed by atoms with van der Waals surface area (Å²) in [6.07, 6.45) is 1.78. The molecule has 0 bridgehead atoms. The Kier molecular flexibility index (Phi) is 2.40. The Bertz CT molecular complexity index is 520. The molecule has 0 saturated carbocycles. The van der Waals surface area contributed by atoms with Crippen LogP contribution in [0.25, 0.3) is 0 Å². The smallest absolute Gasteiger partial charge is 0.152 e. The van der Waals surface area contributed by atoms with Gasteiger partial charge in [0.05, 0.1) is 6.54 Å². The van der Waals surface area contributed by atoms with Crippen molar-refractivity contribution in [3.63, 3.8) is 0 Å². The molecule has 2 aromatic rings. The molecule has 6 heteroatoms. The van der Waals surface area contributed by atoms with Gasteiger partial charge in [-0.25, -0.2) is 4.98 Å². The lowest BCUT2D eigenvalue weighted by Gasteiger charge is -2.28. The fourth-order valence-electron chi connectivity index (χ4n) is 2.00.